The van der Waals surface area contributed by atoms with Crippen molar-refractivity contribution in [2.75, 3.05) is 0 Å². The minimum atomic E-state index is -1.26. The summed E-state index contributed by atoms with van der Waals surface area (Å²) in [5.41, 5.74) is -1.96. The molecule has 0 aliphatic carbocycles. The largest absolute Gasteiger partial charge is 0.607 e. The lowest BCUT2D eigenvalue weighted by molar-refractivity contribution is -0.148. The monoisotopic (exact) mass is 648 g/mol. The van der Waals surface area contributed by atoms with Crippen LogP contribution < -0.4 is 0 Å². The van der Waals surface area contributed by atoms with Crippen LogP contribution in [-0.4, -0.2) is 31.3 Å². The topological polar surface area (TPSA) is 121 Å². The van der Waals surface area contributed by atoms with Gasteiger partial charge in [-0.2, -0.15) is 0 Å². The Morgan fingerprint density at radius 1 is 0.795 bits per heavy atom. The Kier molecular flexibility index (Phi) is 13.7. The van der Waals surface area contributed by atoms with Crippen molar-refractivity contribution in [1.29, 1.82) is 0 Å². The fourth-order valence-corrected chi connectivity index (χ4v) is 9.34. The Bertz CT molecular complexity index is 1180. The molecule has 248 valence electrons. The van der Waals surface area contributed by atoms with E-state index in [0.717, 1.165) is 51.7 Å². The van der Waals surface area contributed by atoms with E-state index in [1.165, 1.54) is 0 Å². The number of unbranched alkanes of at least 4 members (excludes halogenated alkanes) is 2. The molecule has 0 aromatic carbocycles. The molecule has 0 fully saturated rings. The molecule has 0 aromatic heterocycles. The summed E-state index contributed by atoms with van der Waals surface area (Å²) in [6.07, 6.45) is 19.7. The van der Waals surface area contributed by atoms with E-state index in [9.17, 15) is 28.9 Å². The second-order valence-corrected chi connectivity index (χ2v) is 18.1. The van der Waals surface area contributed by atoms with Gasteiger partial charge in [-0.1, -0.05) is 53.5 Å². The van der Waals surface area contributed by atoms with Crippen LogP contribution in [0.4, 0.5) is 0 Å². The molecule has 8 heteroatoms. The number of carbonyl (C=O) groups is 2. The third kappa shape index (κ3) is 11.3. The lowest BCUT2D eigenvalue weighted by atomic mass is 9.86. The number of allylic oxidation sites excluding steroid dienone is 9. The molecular weight excluding hydrogens is 593 g/mol. The number of hydrogen-bond donors (Lipinski definition) is 2. The van der Waals surface area contributed by atoms with Gasteiger partial charge < -0.3 is 19.3 Å². The molecular formula is C36H56O6S2. The molecule has 2 rings (SSSR count). The van der Waals surface area contributed by atoms with Crippen molar-refractivity contribution in [2.24, 2.45) is 27.6 Å². The van der Waals surface area contributed by atoms with Crippen LogP contribution in [0.15, 0.2) is 56.1 Å². The molecule has 0 saturated heterocycles. The van der Waals surface area contributed by atoms with Gasteiger partial charge in [0.2, 0.25) is 0 Å². The van der Waals surface area contributed by atoms with Crippen molar-refractivity contribution in [3.05, 3.63) is 56.1 Å². The van der Waals surface area contributed by atoms with Gasteiger partial charge in [-0.3, -0.25) is 9.59 Å². The summed E-state index contributed by atoms with van der Waals surface area (Å²) in [4.78, 5) is 26.4. The maximum atomic E-state index is 13.7. The van der Waals surface area contributed by atoms with Crippen molar-refractivity contribution in [1.82, 2.24) is 0 Å². The molecule has 2 aliphatic rings. The van der Waals surface area contributed by atoms with Gasteiger partial charge in [0, 0.05) is 51.9 Å². The highest BCUT2D eigenvalue weighted by Gasteiger charge is 2.36. The molecule has 0 amide bonds. The normalized spacial score (nSPS) is 22.6. The molecule has 2 aliphatic heterocycles. The highest BCUT2D eigenvalue weighted by molar-refractivity contribution is 7.99. The summed E-state index contributed by atoms with van der Waals surface area (Å²) in [6, 6.07) is 0. The van der Waals surface area contributed by atoms with Crippen LogP contribution in [0.1, 0.15) is 127 Å². The maximum absolute atomic E-state index is 13.7. The molecule has 0 spiro atoms. The first-order chi connectivity index (χ1) is 20.2. The van der Waals surface area contributed by atoms with E-state index < -0.39 is 45.1 Å². The quantitative estimate of drug-likeness (QED) is 0.120. The Balaban J connectivity index is 2.05. The van der Waals surface area contributed by atoms with Gasteiger partial charge in [0.05, 0.1) is 10.8 Å². The average Bonchev–Trinajstić information content (AvgIpc) is 2.90. The van der Waals surface area contributed by atoms with E-state index in [-0.39, 0.29) is 16.7 Å². The van der Waals surface area contributed by atoms with E-state index in [1.807, 2.05) is 6.08 Å². The first kappa shape index (κ1) is 38.4. The van der Waals surface area contributed by atoms with Crippen LogP contribution >= 0.6 is 0 Å². The zero-order valence-corrected chi connectivity index (χ0v) is 30.1. The molecule has 2 heterocycles. The van der Waals surface area contributed by atoms with Crippen LogP contribution in [0, 0.1) is 27.6 Å². The molecule has 6 nitrogen and oxygen atoms in total. The lowest BCUT2D eigenvalue weighted by Crippen LogP contribution is -2.24. The van der Waals surface area contributed by atoms with Gasteiger partial charge in [0.15, 0.2) is 4.91 Å². The summed E-state index contributed by atoms with van der Waals surface area (Å²) < 4.78 is 27.2. The molecule has 0 radical (unpaired) electrons. The van der Waals surface area contributed by atoms with Crippen LogP contribution in [0.3, 0.4) is 0 Å². The third-order valence-corrected chi connectivity index (χ3v) is 11.9. The van der Waals surface area contributed by atoms with Crippen molar-refractivity contribution < 1.29 is 28.9 Å². The van der Waals surface area contributed by atoms with Gasteiger partial charge in [-0.15, -0.1) is 0 Å². The van der Waals surface area contributed by atoms with Crippen molar-refractivity contribution in [3.63, 3.8) is 0 Å². The Morgan fingerprint density at radius 2 is 1.25 bits per heavy atom. The maximum Gasteiger partial charge on any atom is 0.309 e. The van der Waals surface area contributed by atoms with Crippen LogP contribution in [0.5, 0.6) is 0 Å². The van der Waals surface area contributed by atoms with E-state index in [0.29, 0.717) is 32.1 Å². The van der Waals surface area contributed by atoms with Gasteiger partial charge in [0.1, 0.15) is 14.7 Å². The number of carboxylic acids is 2. The zero-order chi connectivity index (χ0) is 33.5. The minimum Gasteiger partial charge on any atom is -0.607 e. The van der Waals surface area contributed by atoms with Gasteiger partial charge in [-0.25, -0.2) is 0 Å². The Hall–Kier alpha value is -1.74. The van der Waals surface area contributed by atoms with E-state index in [2.05, 4.69) is 65.0 Å². The zero-order valence-electron chi connectivity index (χ0n) is 28.5. The summed E-state index contributed by atoms with van der Waals surface area (Å²) >= 11 is -2.48. The molecule has 0 aromatic rings. The number of hydrogen-bond acceptors (Lipinski definition) is 4. The van der Waals surface area contributed by atoms with Gasteiger partial charge in [0.25, 0.3) is 0 Å². The van der Waals surface area contributed by atoms with Gasteiger partial charge in [-0.05, 0) is 96.6 Å². The molecule has 3 unspecified atom stereocenters. The fraction of sp³-hybridized carbons (Fsp3) is 0.667. The van der Waals surface area contributed by atoms with Crippen LogP contribution in [-0.2, 0) is 31.9 Å². The van der Waals surface area contributed by atoms with E-state index in [4.69, 9.17) is 0 Å². The number of rotatable bonds is 17. The van der Waals surface area contributed by atoms with E-state index >= 15 is 0 Å². The predicted molar refractivity (Wildman–Crippen MR) is 183 cm³/mol. The molecule has 44 heavy (non-hydrogen) atoms. The molecule has 3 atom stereocenters. The second-order valence-electron chi connectivity index (χ2n) is 15.0. The summed E-state index contributed by atoms with van der Waals surface area (Å²) in [5, 5.41) is 18.8. The van der Waals surface area contributed by atoms with Crippen molar-refractivity contribution in [2.45, 2.75) is 127 Å². The van der Waals surface area contributed by atoms with Crippen LogP contribution in [0.25, 0.3) is 0 Å². The molecule has 0 bridgehead atoms. The predicted octanol–water partition coefficient (Wildman–Crippen LogP) is 9.41. The second kappa shape index (κ2) is 15.7. The Morgan fingerprint density at radius 3 is 1.70 bits per heavy atom. The highest BCUT2D eigenvalue weighted by atomic mass is 32.2. The van der Waals surface area contributed by atoms with E-state index in [1.54, 1.807) is 27.7 Å². The molecule has 2 N–H and O–H groups in total. The van der Waals surface area contributed by atoms with Gasteiger partial charge >= 0.3 is 11.9 Å². The molecule has 0 saturated carbocycles. The Labute approximate surface area is 272 Å². The SMILES string of the molecule is CCC(CC=CC1=CC(C)(C)C=C(CCCCC(C)(C)C(=O)O)[S+]1[O-])C1=CC(C)(C)C=C(CCCCC(C)(C)C(=O)O)[S+]1[O-]. The smallest absolute Gasteiger partial charge is 0.309 e. The summed E-state index contributed by atoms with van der Waals surface area (Å²) in [6.45, 7) is 17.6. The number of aliphatic carboxylic acids is 2. The van der Waals surface area contributed by atoms with Crippen molar-refractivity contribution in [3.8, 4) is 0 Å². The summed E-state index contributed by atoms with van der Waals surface area (Å²) in [7, 11) is 0. The highest BCUT2D eigenvalue weighted by Crippen LogP contribution is 2.42. The summed E-state index contributed by atoms with van der Waals surface area (Å²) in [5.74, 6) is -1.48. The number of carboxylic acid groups (broad SMARTS) is 2. The standard InChI is InChI=1S/C36H56O6S2/c1-10-26(30-25-34(4,5)24-29(44(30)42)18-12-14-21-36(8,9)32(39)40)16-15-19-28-23-33(2,3)22-27(43(28)41)17-11-13-20-35(6,7)31(37)38/h15,19,22-26H,10-14,16-18,20-21H2,1-9H3,(H,37,38)(H,39,40). The minimum absolute atomic E-state index is 0.0965. The van der Waals surface area contributed by atoms with Crippen LogP contribution in [0.2, 0.25) is 0 Å². The van der Waals surface area contributed by atoms with Crippen molar-refractivity contribution >= 4 is 34.3 Å². The average molecular weight is 649 g/mol. The first-order valence-electron chi connectivity index (χ1n) is 16.1. The third-order valence-electron chi connectivity index (χ3n) is 8.70. The fourth-order valence-electron chi connectivity index (χ4n) is 5.65. The first-order valence-corrected chi connectivity index (χ1v) is 18.4. The lowest BCUT2D eigenvalue weighted by Gasteiger charge is -2.31.